The summed E-state index contributed by atoms with van der Waals surface area (Å²) >= 11 is 0. The third kappa shape index (κ3) is 1.58. The summed E-state index contributed by atoms with van der Waals surface area (Å²) in [6, 6.07) is 5.50. The lowest BCUT2D eigenvalue weighted by molar-refractivity contribution is 0.627. The van der Waals surface area contributed by atoms with Crippen molar-refractivity contribution in [2.45, 2.75) is 6.92 Å². The maximum atomic E-state index is 13.9. The Balaban J connectivity index is 2.36. The van der Waals surface area contributed by atoms with Crippen LogP contribution in [-0.4, -0.2) is 15.0 Å². The van der Waals surface area contributed by atoms with Crippen molar-refractivity contribution in [3.63, 3.8) is 0 Å². The lowest BCUT2D eigenvalue weighted by Gasteiger charge is -2.05. The Kier molecular flexibility index (Phi) is 2.14. The van der Waals surface area contributed by atoms with Gasteiger partial charge in [-0.1, -0.05) is 0 Å². The Hall–Kier alpha value is -2.23. The molecular weight excluding hydrogens is 217 g/mol. The van der Waals surface area contributed by atoms with E-state index >= 15 is 0 Å². The maximum absolute atomic E-state index is 13.9. The van der Waals surface area contributed by atoms with Crippen LogP contribution in [0.4, 0.5) is 4.39 Å². The van der Waals surface area contributed by atoms with E-state index in [0.717, 1.165) is 16.6 Å². The topological polar surface area (TPSA) is 41.6 Å². The number of nitrogens with one attached hydrogen (secondary N) is 1. The molecule has 3 nitrogen and oxygen atoms in total. The van der Waals surface area contributed by atoms with Crippen LogP contribution in [-0.2, 0) is 0 Å². The second kappa shape index (κ2) is 3.66. The molecule has 3 aromatic rings. The van der Waals surface area contributed by atoms with E-state index in [9.17, 15) is 4.39 Å². The Morgan fingerprint density at radius 2 is 2.12 bits per heavy atom. The summed E-state index contributed by atoms with van der Waals surface area (Å²) in [6.45, 7) is 1.89. The van der Waals surface area contributed by atoms with Crippen molar-refractivity contribution < 1.29 is 4.39 Å². The van der Waals surface area contributed by atoms with Gasteiger partial charge in [-0.15, -0.1) is 0 Å². The summed E-state index contributed by atoms with van der Waals surface area (Å²) in [4.78, 5) is 11.1. The van der Waals surface area contributed by atoms with Gasteiger partial charge < -0.3 is 4.98 Å². The quantitative estimate of drug-likeness (QED) is 0.694. The molecule has 0 atom stereocenters. The van der Waals surface area contributed by atoms with E-state index in [1.807, 2.05) is 19.1 Å². The van der Waals surface area contributed by atoms with E-state index in [1.54, 1.807) is 18.5 Å². The number of rotatable bonds is 1. The number of aryl methyl sites for hydroxylation is 1. The van der Waals surface area contributed by atoms with Crippen molar-refractivity contribution >= 4 is 11.0 Å². The Morgan fingerprint density at radius 3 is 2.94 bits per heavy atom. The van der Waals surface area contributed by atoms with E-state index in [1.165, 1.54) is 6.20 Å². The molecule has 0 aliphatic rings. The fourth-order valence-corrected chi connectivity index (χ4v) is 1.98. The Labute approximate surface area is 97.3 Å². The molecule has 0 unspecified atom stereocenters. The fourth-order valence-electron chi connectivity index (χ4n) is 1.98. The molecule has 0 spiro atoms. The van der Waals surface area contributed by atoms with Crippen LogP contribution >= 0.6 is 0 Å². The van der Waals surface area contributed by atoms with E-state index in [0.29, 0.717) is 11.2 Å². The summed E-state index contributed by atoms with van der Waals surface area (Å²) in [7, 11) is 0. The molecule has 3 aromatic heterocycles. The fraction of sp³-hybridized carbons (Fsp3) is 0.0769. The second-order valence-electron chi connectivity index (χ2n) is 3.91. The maximum Gasteiger partial charge on any atom is 0.150 e. The number of halogens is 1. The number of fused-ring (bicyclic) bond motifs is 1. The molecule has 0 bridgehead atoms. The molecule has 0 aliphatic carbocycles. The molecule has 0 aromatic carbocycles. The van der Waals surface area contributed by atoms with Gasteiger partial charge >= 0.3 is 0 Å². The lowest BCUT2D eigenvalue weighted by Crippen LogP contribution is -1.90. The van der Waals surface area contributed by atoms with Crippen LogP contribution in [0.3, 0.4) is 0 Å². The summed E-state index contributed by atoms with van der Waals surface area (Å²) in [5, 5.41) is 0.788. The van der Waals surface area contributed by atoms with Crippen LogP contribution in [0.5, 0.6) is 0 Å². The first-order chi connectivity index (χ1) is 8.25. The summed E-state index contributed by atoms with van der Waals surface area (Å²) < 4.78 is 13.9. The van der Waals surface area contributed by atoms with Crippen LogP contribution < -0.4 is 0 Å². The van der Waals surface area contributed by atoms with Crippen LogP contribution in [0.25, 0.3) is 22.2 Å². The molecule has 0 amide bonds. The minimum Gasteiger partial charge on any atom is -0.346 e. The molecule has 84 valence electrons. The average molecular weight is 227 g/mol. The molecule has 4 heteroatoms. The molecular formula is C13H10FN3. The summed E-state index contributed by atoms with van der Waals surface area (Å²) in [5.74, 6) is -0.317. The van der Waals surface area contributed by atoms with Gasteiger partial charge in [-0.25, -0.2) is 9.37 Å². The van der Waals surface area contributed by atoms with Crippen LogP contribution in [0.2, 0.25) is 0 Å². The van der Waals surface area contributed by atoms with Gasteiger partial charge in [0.1, 0.15) is 11.5 Å². The van der Waals surface area contributed by atoms with E-state index in [4.69, 9.17) is 0 Å². The normalized spacial score (nSPS) is 10.9. The second-order valence-corrected chi connectivity index (χ2v) is 3.91. The monoisotopic (exact) mass is 227 g/mol. The van der Waals surface area contributed by atoms with Crippen molar-refractivity contribution in [2.75, 3.05) is 0 Å². The zero-order valence-corrected chi connectivity index (χ0v) is 9.24. The van der Waals surface area contributed by atoms with Gasteiger partial charge in [0.25, 0.3) is 0 Å². The van der Waals surface area contributed by atoms with Crippen molar-refractivity contribution in [1.29, 1.82) is 0 Å². The number of pyridine rings is 2. The number of hydrogen-bond donors (Lipinski definition) is 1. The first kappa shape index (κ1) is 9.96. The molecule has 0 aliphatic heterocycles. The summed E-state index contributed by atoms with van der Waals surface area (Å²) in [5.41, 5.74) is 2.95. The molecule has 17 heavy (non-hydrogen) atoms. The highest BCUT2D eigenvalue weighted by molar-refractivity contribution is 5.93. The Bertz CT molecular complexity index is 688. The highest BCUT2D eigenvalue weighted by Crippen LogP contribution is 2.29. The standard InChI is InChI=1S/C13H10FN3/c1-8-6-9(2-4-15-8)12-10-3-5-16-13(10)17-7-11(12)14/h2-7H,1H3,(H,16,17). The lowest BCUT2D eigenvalue weighted by atomic mass is 10.0. The smallest absolute Gasteiger partial charge is 0.150 e. The predicted molar refractivity (Wildman–Crippen MR) is 64.0 cm³/mol. The van der Waals surface area contributed by atoms with Gasteiger partial charge in [-0.05, 0) is 30.7 Å². The van der Waals surface area contributed by atoms with E-state index < -0.39 is 0 Å². The van der Waals surface area contributed by atoms with Crippen molar-refractivity contribution in [2.24, 2.45) is 0 Å². The van der Waals surface area contributed by atoms with Gasteiger partial charge in [0.15, 0.2) is 0 Å². The van der Waals surface area contributed by atoms with Crippen molar-refractivity contribution in [3.05, 3.63) is 48.3 Å². The van der Waals surface area contributed by atoms with Gasteiger partial charge in [0, 0.05) is 29.0 Å². The van der Waals surface area contributed by atoms with Gasteiger partial charge in [-0.2, -0.15) is 0 Å². The van der Waals surface area contributed by atoms with Gasteiger partial charge in [0.2, 0.25) is 0 Å². The van der Waals surface area contributed by atoms with Gasteiger partial charge in [-0.3, -0.25) is 4.98 Å². The van der Waals surface area contributed by atoms with Crippen LogP contribution in [0.15, 0.2) is 36.8 Å². The first-order valence-corrected chi connectivity index (χ1v) is 5.30. The number of aromatic nitrogens is 3. The van der Waals surface area contributed by atoms with Crippen LogP contribution in [0, 0.1) is 12.7 Å². The largest absolute Gasteiger partial charge is 0.346 e. The number of hydrogen-bond acceptors (Lipinski definition) is 2. The minimum atomic E-state index is -0.317. The predicted octanol–water partition coefficient (Wildman–Crippen LogP) is 3.07. The molecule has 3 rings (SSSR count). The Morgan fingerprint density at radius 1 is 1.24 bits per heavy atom. The third-order valence-electron chi connectivity index (χ3n) is 2.73. The highest BCUT2D eigenvalue weighted by atomic mass is 19.1. The number of H-pyrrole nitrogens is 1. The molecule has 1 N–H and O–H groups in total. The first-order valence-electron chi connectivity index (χ1n) is 5.30. The average Bonchev–Trinajstić information content (AvgIpc) is 2.76. The van der Waals surface area contributed by atoms with Gasteiger partial charge in [0.05, 0.1) is 6.20 Å². The number of nitrogens with zero attached hydrogens (tertiary/aromatic N) is 2. The molecule has 0 radical (unpaired) electrons. The van der Waals surface area contributed by atoms with E-state index in [2.05, 4.69) is 15.0 Å². The zero-order chi connectivity index (χ0) is 11.8. The molecule has 0 saturated carbocycles. The third-order valence-corrected chi connectivity index (χ3v) is 2.73. The van der Waals surface area contributed by atoms with Crippen molar-refractivity contribution in [1.82, 2.24) is 15.0 Å². The number of aromatic amines is 1. The van der Waals surface area contributed by atoms with Crippen molar-refractivity contribution in [3.8, 4) is 11.1 Å². The zero-order valence-electron chi connectivity index (χ0n) is 9.24. The highest BCUT2D eigenvalue weighted by Gasteiger charge is 2.11. The SMILES string of the molecule is Cc1cc(-c2c(F)cnc3[nH]ccc23)ccn1. The van der Waals surface area contributed by atoms with E-state index in [-0.39, 0.29) is 5.82 Å². The molecule has 0 saturated heterocycles. The molecule has 3 heterocycles. The molecule has 0 fully saturated rings. The van der Waals surface area contributed by atoms with Crippen LogP contribution in [0.1, 0.15) is 5.69 Å². The minimum absolute atomic E-state index is 0.317. The summed E-state index contributed by atoms with van der Waals surface area (Å²) in [6.07, 6.45) is 4.68.